The zero-order valence-corrected chi connectivity index (χ0v) is 32.4. The molecule has 2 aromatic heterocycles. The number of pyridine rings is 1. The summed E-state index contributed by atoms with van der Waals surface area (Å²) in [6.45, 7) is 2.05. The molecular weight excluding hydrogens is 782 g/mol. The third kappa shape index (κ3) is 8.89. The van der Waals surface area contributed by atoms with Crippen LogP contribution < -0.4 is 15.2 Å². The molecule has 4 heterocycles. The maximum absolute atomic E-state index is 15.3. The lowest BCUT2D eigenvalue weighted by atomic mass is 9.66. The summed E-state index contributed by atoms with van der Waals surface area (Å²) in [6.07, 6.45) is -3.85. The molecule has 0 spiro atoms. The number of hydrogen-bond acceptors (Lipinski definition) is 8. The molecule has 2 saturated heterocycles. The molecule has 312 valence electrons. The van der Waals surface area contributed by atoms with Gasteiger partial charge >= 0.3 is 18.3 Å². The second-order valence-electron chi connectivity index (χ2n) is 15.5. The molecule has 3 fully saturated rings. The van der Waals surface area contributed by atoms with Crippen molar-refractivity contribution in [3.05, 3.63) is 75.5 Å². The van der Waals surface area contributed by atoms with Gasteiger partial charge in [-0.15, -0.1) is 11.3 Å². The smallest absolute Gasteiger partial charge is 0.425 e. The maximum atomic E-state index is 15.3. The number of halogens is 7. The lowest BCUT2D eigenvalue weighted by molar-refractivity contribution is -0.164. The van der Waals surface area contributed by atoms with E-state index < -0.39 is 63.1 Å². The molecule has 9 nitrogen and oxygen atoms in total. The molecule has 1 amide bonds. The van der Waals surface area contributed by atoms with Crippen molar-refractivity contribution in [1.82, 2.24) is 14.8 Å². The zero-order chi connectivity index (χ0) is 41.2. The highest BCUT2D eigenvalue weighted by atomic mass is 32.1. The quantitative estimate of drug-likeness (QED) is 0.122. The molecule has 3 aromatic rings. The molecule has 1 saturated carbocycles. The van der Waals surface area contributed by atoms with Gasteiger partial charge in [-0.05, 0) is 82.5 Å². The number of aromatic nitrogens is 1. The Balaban J connectivity index is 1.26. The van der Waals surface area contributed by atoms with Crippen molar-refractivity contribution in [2.75, 3.05) is 26.2 Å². The minimum atomic E-state index is -4.69. The number of para-hydroxylation sites is 1. The summed E-state index contributed by atoms with van der Waals surface area (Å²) in [5.74, 6) is -2.23. The van der Waals surface area contributed by atoms with Gasteiger partial charge in [-0.3, -0.25) is 19.5 Å². The second-order valence-corrected chi connectivity index (χ2v) is 16.4. The van der Waals surface area contributed by atoms with Crippen LogP contribution in [0.1, 0.15) is 99.3 Å². The number of piperidine rings is 2. The standard InChI is InChI=1S/C40H47F7N4O5S/c1-2-8-31-38(56-26-23-32(57-25-26)40(45,46)47,15-6-19-51(31)24-30-27(39(42,43)44)10-4-18-49-30)34(52)50-20-16-37(48,17-21-50)28-9-3-11-29(41)33(28)55-22-7-14-36(35(53)54)12-5-13-36/h3-4,9-11,18,23,25,31H,2,5-8,12-17,19-22,24,48H2,1H3,(H,53,54)/t31-,38+/m1/s1. The van der Waals surface area contributed by atoms with Crippen molar-refractivity contribution < 1.29 is 54.9 Å². The van der Waals surface area contributed by atoms with E-state index in [1.807, 2.05) is 6.92 Å². The number of carboxylic acid groups (broad SMARTS) is 1. The van der Waals surface area contributed by atoms with E-state index >= 15 is 4.39 Å². The van der Waals surface area contributed by atoms with Crippen LogP contribution in [0.2, 0.25) is 0 Å². The van der Waals surface area contributed by atoms with E-state index in [-0.39, 0.29) is 69.1 Å². The third-order valence-electron chi connectivity index (χ3n) is 11.9. The highest BCUT2D eigenvalue weighted by Crippen LogP contribution is 2.46. The summed E-state index contributed by atoms with van der Waals surface area (Å²) in [4.78, 5) is 33.1. The molecule has 6 rings (SSSR count). The summed E-state index contributed by atoms with van der Waals surface area (Å²) in [5.41, 5.74) is 2.48. The maximum Gasteiger partial charge on any atom is 0.425 e. The number of nitrogens with zero attached hydrogens (tertiary/aromatic N) is 3. The van der Waals surface area contributed by atoms with Crippen molar-refractivity contribution in [1.29, 1.82) is 0 Å². The topological polar surface area (TPSA) is 118 Å². The average molecular weight is 829 g/mol. The van der Waals surface area contributed by atoms with Crippen molar-refractivity contribution in [2.45, 2.75) is 114 Å². The molecule has 2 atom stereocenters. The summed E-state index contributed by atoms with van der Waals surface area (Å²) < 4.78 is 111. The number of thiophene rings is 1. The van der Waals surface area contributed by atoms with Crippen molar-refractivity contribution in [2.24, 2.45) is 11.1 Å². The summed E-state index contributed by atoms with van der Waals surface area (Å²) in [5, 5.41) is 10.9. The largest absolute Gasteiger partial charge is 0.490 e. The van der Waals surface area contributed by atoms with Gasteiger partial charge in [0, 0.05) is 48.4 Å². The third-order valence-corrected chi connectivity index (χ3v) is 12.8. The van der Waals surface area contributed by atoms with Crippen molar-refractivity contribution in [3.63, 3.8) is 0 Å². The number of nitrogens with two attached hydrogens (primary N) is 1. The fourth-order valence-corrected chi connectivity index (χ4v) is 9.33. The van der Waals surface area contributed by atoms with Gasteiger partial charge in [0.05, 0.1) is 29.3 Å². The molecule has 0 unspecified atom stereocenters. The number of likely N-dealkylation sites (tertiary alicyclic amines) is 2. The number of carbonyl (C=O) groups is 2. The first-order chi connectivity index (χ1) is 26.9. The number of hydrogen-bond donors (Lipinski definition) is 2. The van der Waals surface area contributed by atoms with Gasteiger partial charge in [0.1, 0.15) is 10.6 Å². The van der Waals surface area contributed by atoms with E-state index in [1.54, 1.807) is 11.0 Å². The highest BCUT2D eigenvalue weighted by Gasteiger charge is 2.55. The van der Waals surface area contributed by atoms with Crippen LogP contribution in [-0.4, -0.2) is 69.7 Å². The molecule has 0 bridgehead atoms. The van der Waals surface area contributed by atoms with Crippen molar-refractivity contribution in [3.8, 4) is 11.5 Å². The van der Waals surface area contributed by atoms with Gasteiger partial charge < -0.3 is 25.2 Å². The highest BCUT2D eigenvalue weighted by molar-refractivity contribution is 7.10. The van der Waals surface area contributed by atoms with Gasteiger partial charge in [0.15, 0.2) is 11.6 Å². The fraction of sp³-hybridized carbons (Fsp3) is 0.575. The Kier molecular flexibility index (Phi) is 12.5. The monoisotopic (exact) mass is 828 g/mol. The second kappa shape index (κ2) is 16.7. The van der Waals surface area contributed by atoms with Crippen LogP contribution in [0.5, 0.6) is 11.5 Å². The molecule has 1 aliphatic carbocycles. The molecule has 17 heteroatoms. The first kappa shape index (κ1) is 42.6. The molecule has 57 heavy (non-hydrogen) atoms. The minimum Gasteiger partial charge on any atom is -0.490 e. The Morgan fingerprint density at radius 3 is 2.35 bits per heavy atom. The number of benzene rings is 1. The SMILES string of the molecule is CCC[C@H]1N(Cc2ncccc2C(F)(F)F)CCC[C@@]1(Oc1csc(C(F)(F)F)c1)C(=O)N1CCC(N)(c2cccc(F)c2OCCCC2(C(=O)O)CCC2)CC1. The number of rotatable bonds is 14. The summed E-state index contributed by atoms with van der Waals surface area (Å²) in [6, 6.07) is 6.53. The van der Waals surface area contributed by atoms with E-state index in [9.17, 15) is 41.0 Å². The Morgan fingerprint density at radius 1 is 1.00 bits per heavy atom. The van der Waals surface area contributed by atoms with E-state index in [1.165, 1.54) is 34.7 Å². The lowest BCUT2D eigenvalue weighted by Gasteiger charge is -2.51. The predicted molar refractivity (Wildman–Crippen MR) is 197 cm³/mol. The normalized spacial score (nSPS) is 22.5. The van der Waals surface area contributed by atoms with E-state index in [2.05, 4.69) is 4.98 Å². The van der Waals surface area contributed by atoms with Crippen molar-refractivity contribution >= 4 is 23.2 Å². The Hall–Kier alpha value is -3.96. The number of carbonyl (C=O) groups excluding carboxylic acids is 1. The molecule has 2 aliphatic heterocycles. The zero-order valence-electron chi connectivity index (χ0n) is 31.6. The number of ether oxygens (including phenoxy) is 2. The van der Waals surface area contributed by atoms with Gasteiger partial charge in [-0.1, -0.05) is 31.9 Å². The predicted octanol–water partition coefficient (Wildman–Crippen LogP) is 8.79. The van der Waals surface area contributed by atoms with E-state index in [0.29, 0.717) is 62.0 Å². The number of aliphatic carboxylic acids is 1. The van der Waals surface area contributed by atoms with Crippen LogP contribution in [-0.2, 0) is 34.0 Å². The van der Waals surface area contributed by atoms with Crippen LogP contribution in [0, 0.1) is 11.2 Å². The van der Waals surface area contributed by atoms with Gasteiger partial charge in [-0.25, -0.2) is 4.39 Å². The van der Waals surface area contributed by atoms with Crippen LogP contribution in [0.25, 0.3) is 0 Å². The molecule has 3 N–H and O–H groups in total. The van der Waals surface area contributed by atoms with Crippen LogP contribution in [0.15, 0.2) is 48.0 Å². The first-order valence-electron chi connectivity index (χ1n) is 19.3. The van der Waals surface area contributed by atoms with Gasteiger partial charge in [-0.2, -0.15) is 26.3 Å². The molecular formula is C40H47F7N4O5S. The van der Waals surface area contributed by atoms with Crippen LogP contribution in [0.3, 0.4) is 0 Å². The Labute approximate surface area is 330 Å². The number of alkyl halides is 6. The van der Waals surface area contributed by atoms with Gasteiger partial charge in [0.2, 0.25) is 5.60 Å². The fourth-order valence-electron chi connectivity index (χ4n) is 8.65. The summed E-state index contributed by atoms with van der Waals surface area (Å²) >= 11 is 0.418. The van der Waals surface area contributed by atoms with Crippen LogP contribution in [0.4, 0.5) is 30.7 Å². The molecule has 1 aromatic carbocycles. The lowest BCUT2D eigenvalue weighted by Crippen LogP contribution is -2.68. The van der Waals surface area contributed by atoms with E-state index in [0.717, 1.165) is 18.6 Å². The van der Waals surface area contributed by atoms with E-state index in [4.69, 9.17) is 15.2 Å². The Bertz CT molecular complexity index is 1890. The molecule has 3 aliphatic rings. The van der Waals surface area contributed by atoms with Gasteiger partial charge in [0.25, 0.3) is 5.91 Å². The first-order valence-corrected chi connectivity index (χ1v) is 20.1. The number of carboxylic acids is 1. The van der Waals surface area contributed by atoms with Crippen LogP contribution >= 0.6 is 11.3 Å². The Morgan fingerprint density at radius 2 is 1.74 bits per heavy atom. The summed E-state index contributed by atoms with van der Waals surface area (Å²) in [7, 11) is 0. The minimum absolute atomic E-state index is 0.0471. The average Bonchev–Trinajstić information content (AvgIpc) is 3.62. The number of amides is 1. The molecule has 0 radical (unpaired) electrons.